The van der Waals surface area contributed by atoms with E-state index < -0.39 is 11.7 Å². The molecule has 2 aliphatic heterocycles. The van der Waals surface area contributed by atoms with Crippen LogP contribution in [-0.2, 0) is 20.7 Å². The summed E-state index contributed by atoms with van der Waals surface area (Å²) in [7, 11) is 0. The number of likely N-dealkylation sites (tertiary alicyclic amines) is 1. The zero-order valence-corrected chi connectivity index (χ0v) is 18.8. The van der Waals surface area contributed by atoms with Gasteiger partial charge in [-0.1, -0.05) is 30.3 Å². The molecular weight excluding hydrogens is 396 g/mol. The van der Waals surface area contributed by atoms with Gasteiger partial charge in [-0.2, -0.15) is 0 Å². The van der Waals surface area contributed by atoms with Gasteiger partial charge in [0, 0.05) is 19.5 Å². The van der Waals surface area contributed by atoms with E-state index in [1.807, 2.05) is 51.1 Å². The number of amides is 3. The van der Waals surface area contributed by atoms with Gasteiger partial charge in [0.2, 0.25) is 5.91 Å². The van der Waals surface area contributed by atoms with Crippen molar-refractivity contribution in [3.63, 3.8) is 0 Å². The predicted molar refractivity (Wildman–Crippen MR) is 117 cm³/mol. The normalized spacial score (nSPS) is 20.0. The predicted octanol–water partition coefficient (Wildman–Crippen LogP) is 4.39. The largest absolute Gasteiger partial charge is 0.447 e. The third-order valence-electron chi connectivity index (χ3n) is 5.81. The van der Waals surface area contributed by atoms with Crippen molar-refractivity contribution < 1.29 is 23.9 Å². The Hall–Kier alpha value is -2.57. The summed E-state index contributed by atoms with van der Waals surface area (Å²) in [4.78, 5) is 40.1. The summed E-state index contributed by atoms with van der Waals surface area (Å²) in [6.07, 6.45) is 3.65. The van der Waals surface area contributed by atoms with Gasteiger partial charge in [0.05, 0.1) is 6.04 Å². The maximum Gasteiger partial charge on any atom is 0.416 e. The Balaban J connectivity index is 1.40. The fourth-order valence-corrected chi connectivity index (χ4v) is 4.20. The van der Waals surface area contributed by atoms with E-state index in [4.69, 9.17) is 9.47 Å². The zero-order chi connectivity index (χ0) is 22.4. The number of nitrogens with zero attached hydrogens (tertiary/aromatic N) is 2. The van der Waals surface area contributed by atoms with Crippen LogP contribution in [0.5, 0.6) is 0 Å². The summed E-state index contributed by atoms with van der Waals surface area (Å²) < 4.78 is 10.6. The molecular formula is C24H34N2O5. The van der Waals surface area contributed by atoms with Crippen molar-refractivity contribution in [2.24, 2.45) is 5.92 Å². The van der Waals surface area contributed by atoms with Crippen molar-refractivity contribution in [1.29, 1.82) is 0 Å². The second kappa shape index (κ2) is 10.2. The molecule has 170 valence electrons. The smallest absolute Gasteiger partial charge is 0.416 e. The molecule has 0 spiro atoms. The minimum atomic E-state index is -0.531. The molecule has 7 nitrogen and oxygen atoms in total. The Morgan fingerprint density at radius 1 is 1.13 bits per heavy atom. The van der Waals surface area contributed by atoms with Crippen LogP contribution in [0.4, 0.5) is 9.59 Å². The van der Waals surface area contributed by atoms with E-state index in [0.717, 1.165) is 31.2 Å². The lowest BCUT2D eigenvalue weighted by Crippen LogP contribution is -2.42. The number of rotatable bonds is 6. The quantitative estimate of drug-likeness (QED) is 0.669. The molecule has 0 saturated carbocycles. The van der Waals surface area contributed by atoms with E-state index in [0.29, 0.717) is 31.8 Å². The Labute approximate surface area is 184 Å². The fraction of sp³-hybridized carbons (Fsp3) is 0.625. The van der Waals surface area contributed by atoms with Crippen LogP contribution in [0.1, 0.15) is 58.4 Å². The maximum absolute atomic E-state index is 12.7. The molecule has 0 bridgehead atoms. The van der Waals surface area contributed by atoms with Crippen LogP contribution >= 0.6 is 0 Å². The number of piperidine rings is 1. The molecule has 1 aromatic rings. The van der Waals surface area contributed by atoms with Crippen LogP contribution in [0.2, 0.25) is 0 Å². The van der Waals surface area contributed by atoms with Crippen LogP contribution in [-0.4, -0.2) is 59.2 Å². The van der Waals surface area contributed by atoms with Crippen molar-refractivity contribution in [2.45, 2.75) is 70.9 Å². The maximum atomic E-state index is 12.7. The van der Waals surface area contributed by atoms with E-state index >= 15 is 0 Å². The van der Waals surface area contributed by atoms with E-state index in [1.54, 1.807) is 4.90 Å². The number of benzene rings is 1. The number of hydrogen-bond donors (Lipinski definition) is 0. The number of carbonyl (C=O) groups is 3. The third-order valence-corrected chi connectivity index (χ3v) is 5.81. The molecule has 1 atom stereocenters. The second-order valence-electron chi connectivity index (χ2n) is 9.49. The third kappa shape index (κ3) is 6.71. The highest BCUT2D eigenvalue weighted by molar-refractivity contribution is 5.93. The highest BCUT2D eigenvalue weighted by atomic mass is 16.6. The molecule has 1 aromatic carbocycles. The summed E-state index contributed by atoms with van der Waals surface area (Å²) in [6.45, 7) is 7.23. The van der Waals surface area contributed by atoms with Gasteiger partial charge in [-0.05, 0) is 64.4 Å². The molecule has 31 heavy (non-hydrogen) atoms. The van der Waals surface area contributed by atoms with Crippen LogP contribution in [0.25, 0.3) is 0 Å². The standard InChI is InChI=1S/C24H34N2O5/c1-24(2,3)31-22(28)25-14-12-18(13-15-25)10-7-11-21(27)26-20(17-30-23(26)29)16-19-8-5-4-6-9-19/h4-6,8-9,18,20H,7,10-17H2,1-3H3/t20-/m0/s1. The van der Waals surface area contributed by atoms with Gasteiger partial charge in [0.15, 0.2) is 0 Å². The second-order valence-corrected chi connectivity index (χ2v) is 9.49. The van der Waals surface area contributed by atoms with Gasteiger partial charge in [0.25, 0.3) is 0 Å². The van der Waals surface area contributed by atoms with Crippen LogP contribution in [0.3, 0.4) is 0 Å². The van der Waals surface area contributed by atoms with Gasteiger partial charge in [-0.15, -0.1) is 0 Å². The lowest BCUT2D eigenvalue weighted by atomic mass is 9.91. The Morgan fingerprint density at radius 3 is 2.45 bits per heavy atom. The molecule has 3 rings (SSSR count). The van der Waals surface area contributed by atoms with E-state index in [9.17, 15) is 14.4 Å². The minimum Gasteiger partial charge on any atom is -0.447 e. The van der Waals surface area contributed by atoms with Gasteiger partial charge >= 0.3 is 12.2 Å². The number of carbonyl (C=O) groups excluding carboxylic acids is 3. The molecule has 0 N–H and O–H groups in total. The van der Waals surface area contributed by atoms with E-state index in [-0.39, 0.29) is 24.6 Å². The molecule has 2 saturated heterocycles. The van der Waals surface area contributed by atoms with Gasteiger partial charge < -0.3 is 14.4 Å². The molecule has 2 heterocycles. The topological polar surface area (TPSA) is 76.2 Å². The number of ether oxygens (including phenoxy) is 2. The molecule has 0 radical (unpaired) electrons. The molecule has 2 fully saturated rings. The minimum absolute atomic E-state index is 0.158. The summed E-state index contributed by atoms with van der Waals surface area (Å²) in [5, 5.41) is 0. The SMILES string of the molecule is CC(C)(C)OC(=O)N1CCC(CCCC(=O)N2C(=O)OC[C@@H]2Cc2ccccc2)CC1. The van der Waals surface area contributed by atoms with Crippen molar-refractivity contribution in [1.82, 2.24) is 9.80 Å². The lowest BCUT2D eigenvalue weighted by molar-refractivity contribution is -0.129. The lowest BCUT2D eigenvalue weighted by Gasteiger charge is -2.33. The Morgan fingerprint density at radius 2 is 1.81 bits per heavy atom. The van der Waals surface area contributed by atoms with Gasteiger partial charge in [0.1, 0.15) is 12.2 Å². The average Bonchev–Trinajstić information content (AvgIpc) is 3.08. The van der Waals surface area contributed by atoms with Crippen LogP contribution in [0, 0.1) is 5.92 Å². The average molecular weight is 431 g/mol. The summed E-state index contributed by atoms with van der Waals surface area (Å²) in [5.74, 6) is 0.326. The van der Waals surface area contributed by atoms with E-state index in [2.05, 4.69) is 0 Å². The van der Waals surface area contributed by atoms with Crippen molar-refractivity contribution in [3.05, 3.63) is 35.9 Å². The molecule has 3 amide bonds. The van der Waals surface area contributed by atoms with Gasteiger partial charge in [-0.25, -0.2) is 14.5 Å². The molecule has 2 aliphatic rings. The van der Waals surface area contributed by atoms with Crippen LogP contribution < -0.4 is 0 Å². The fourth-order valence-electron chi connectivity index (χ4n) is 4.20. The highest BCUT2D eigenvalue weighted by Gasteiger charge is 2.37. The summed E-state index contributed by atoms with van der Waals surface area (Å²) in [5.41, 5.74) is 0.601. The molecule has 0 aromatic heterocycles. The highest BCUT2D eigenvalue weighted by Crippen LogP contribution is 2.25. The summed E-state index contributed by atoms with van der Waals surface area (Å²) >= 11 is 0. The first kappa shape index (κ1) is 23.1. The van der Waals surface area contributed by atoms with Crippen LogP contribution in [0.15, 0.2) is 30.3 Å². The Kier molecular flexibility index (Phi) is 7.57. The monoisotopic (exact) mass is 430 g/mol. The molecule has 0 aliphatic carbocycles. The van der Waals surface area contributed by atoms with Crippen molar-refractivity contribution >= 4 is 18.1 Å². The first-order valence-corrected chi connectivity index (χ1v) is 11.2. The number of hydrogen-bond acceptors (Lipinski definition) is 5. The van der Waals surface area contributed by atoms with E-state index in [1.165, 1.54) is 4.90 Å². The first-order chi connectivity index (χ1) is 14.7. The van der Waals surface area contributed by atoms with Crippen molar-refractivity contribution in [3.8, 4) is 0 Å². The zero-order valence-electron chi connectivity index (χ0n) is 18.8. The number of imide groups is 1. The van der Waals surface area contributed by atoms with Crippen molar-refractivity contribution in [2.75, 3.05) is 19.7 Å². The Bertz CT molecular complexity index is 766. The number of cyclic esters (lactones) is 1. The molecule has 7 heteroatoms. The summed E-state index contributed by atoms with van der Waals surface area (Å²) in [6, 6.07) is 9.60. The van der Waals surface area contributed by atoms with Gasteiger partial charge in [-0.3, -0.25) is 4.79 Å². The molecule has 0 unspecified atom stereocenters. The first-order valence-electron chi connectivity index (χ1n) is 11.2.